The van der Waals surface area contributed by atoms with Gasteiger partial charge in [-0.3, -0.25) is 14.5 Å². The third-order valence-corrected chi connectivity index (χ3v) is 7.14. The summed E-state index contributed by atoms with van der Waals surface area (Å²) in [6.07, 6.45) is 2.29. The number of Topliss-reactive ketones (excluding diaryl/α,β-unsaturated/α-hetero) is 1. The predicted octanol–water partition coefficient (Wildman–Crippen LogP) is 7.69. The van der Waals surface area contributed by atoms with Crippen LogP contribution in [0.4, 0.5) is 11.6 Å². The number of aryl methyl sites for hydroxylation is 1. The van der Waals surface area contributed by atoms with Crippen LogP contribution >= 0.6 is 23.2 Å². The van der Waals surface area contributed by atoms with Gasteiger partial charge >= 0.3 is 0 Å². The van der Waals surface area contributed by atoms with Crippen molar-refractivity contribution in [1.82, 2.24) is 0 Å². The van der Waals surface area contributed by atoms with E-state index in [1.54, 1.807) is 18.2 Å². The van der Waals surface area contributed by atoms with E-state index in [-0.39, 0.29) is 11.7 Å². The Labute approximate surface area is 214 Å². The highest BCUT2D eigenvalue weighted by Crippen LogP contribution is 2.43. The summed E-state index contributed by atoms with van der Waals surface area (Å²) in [7, 11) is 0. The summed E-state index contributed by atoms with van der Waals surface area (Å²) in [5.41, 5.74) is 5.24. The van der Waals surface area contributed by atoms with Gasteiger partial charge in [0.25, 0.3) is 5.91 Å². The van der Waals surface area contributed by atoms with Gasteiger partial charge in [-0.25, -0.2) is 0 Å². The second-order valence-corrected chi connectivity index (χ2v) is 9.65. The summed E-state index contributed by atoms with van der Waals surface area (Å²) >= 11 is 12.6. The van der Waals surface area contributed by atoms with E-state index in [1.807, 2.05) is 55.1 Å². The number of nitrogens with one attached hydrogen (secondary N) is 1. The number of ketones is 1. The maximum atomic E-state index is 13.4. The molecular formula is C28H24Cl2N2O3. The van der Waals surface area contributed by atoms with Crippen molar-refractivity contribution in [3.8, 4) is 11.3 Å². The van der Waals surface area contributed by atoms with Gasteiger partial charge in [0.2, 0.25) is 5.88 Å². The molecular weight excluding hydrogens is 483 g/mol. The summed E-state index contributed by atoms with van der Waals surface area (Å²) in [5.74, 6) is 0.934. The van der Waals surface area contributed by atoms with Crippen LogP contribution in [0.3, 0.4) is 0 Å². The second kappa shape index (κ2) is 9.40. The number of furan rings is 1. The minimum absolute atomic E-state index is 0.0783. The van der Waals surface area contributed by atoms with Gasteiger partial charge in [0.1, 0.15) is 5.76 Å². The summed E-state index contributed by atoms with van der Waals surface area (Å²) in [5, 5.41) is 4.09. The Hall–Kier alpha value is -3.28. The molecule has 0 spiro atoms. The molecule has 2 aromatic carbocycles. The van der Waals surface area contributed by atoms with Crippen LogP contribution in [-0.4, -0.2) is 11.7 Å². The fourth-order valence-corrected chi connectivity index (χ4v) is 5.08. The molecule has 0 unspecified atom stereocenters. The zero-order chi connectivity index (χ0) is 24.7. The van der Waals surface area contributed by atoms with Crippen molar-refractivity contribution in [2.24, 2.45) is 0 Å². The zero-order valence-corrected chi connectivity index (χ0v) is 21.0. The van der Waals surface area contributed by atoms with Gasteiger partial charge < -0.3 is 9.73 Å². The minimum atomic E-state index is -0.226. The van der Waals surface area contributed by atoms with Gasteiger partial charge in [0.15, 0.2) is 5.78 Å². The monoisotopic (exact) mass is 506 g/mol. The average molecular weight is 507 g/mol. The van der Waals surface area contributed by atoms with Crippen molar-refractivity contribution in [2.75, 3.05) is 10.2 Å². The number of halogens is 2. The Bertz CT molecular complexity index is 1420. The van der Waals surface area contributed by atoms with Crippen LogP contribution in [0.2, 0.25) is 10.0 Å². The van der Waals surface area contributed by atoms with Crippen molar-refractivity contribution in [1.29, 1.82) is 0 Å². The molecule has 35 heavy (non-hydrogen) atoms. The van der Waals surface area contributed by atoms with Gasteiger partial charge in [0, 0.05) is 57.7 Å². The van der Waals surface area contributed by atoms with E-state index in [4.69, 9.17) is 27.6 Å². The lowest BCUT2D eigenvalue weighted by molar-refractivity contribution is -0.116. The molecule has 7 heteroatoms. The van der Waals surface area contributed by atoms with Gasteiger partial charge in [-0.05, 0) is 62.6 Å². The van der Waals surface area contributed by atoms with E-state index >= 15 is 0 Å². The molecule has 0 atom stereocenters. The number of carbonyl (C=O) groups excluding carboxylic acids is 2. The van der Waals surface area contributed by atoms with Crippen molar-refractivity contribution >= 4 is 46.5 Å². The van der Waals surface area contributed by atoms with Crippen molar-refractivity contribution in [3.05, 3.63) is 92.7 Å². The van der Waals surface area contributed by atoms with Crippen LogP contribution in [0, 0.1) is 6.92 Å². The van der Waals surface area contributed by atoms with Crippen LogP contribution in [-0.2, 0) is 9.59 Å². The lowest BCUT2D eigenvalue weighted by Gasteiger charge is -2.36. The Morgan fingerprint density at radius 2 is 1.83 bits per heavy atom. The van der Waals surface area contributed by atoms with E-state index in [0.29, 0.717) is 51.2 Å². The van der Waals surface area contributed by atoms with Gasteiger partial charge in [0.05, 0.1) is 5.02 Å². The fourth-order valence-electron chi connectivity index (χ4n) is 4.70. The molecule has 178 valence electrons. The molecule has 1 N–H and O–H groups in total. The average Bonchev–Trinajstić information content (AvgIpc) is 3.31. The SMILES string of the molecule is CC1=C(C(=O)Nc2ccccc2C)CC2=C(CCCC2=O)N1c1ccc(-c2cc(Cl)ccc2Cl)o1. The molecule has 1 aliphatic carbocycles. The molecule has 0 fully saturated rings. The number of carbonyl (C=O) groups is 2. The highest BCUT2D eigenvalue weighted by molar-refractivity contribution is 6.35. The van der Waals surface area contributed by atoms with Crippen molar-refractivity contribution in [2.45, 2.75) is 39.5 Å². The first-order valence-electron chi connectivity index (χ1n) is 11.5. The Balaban J connectivity index is 1.56. The fraction of sp³-hybridized carbons (Fsp3) is 0.214. The molecule has 0 saturated heterocycles. The minimum Gasteiger partial charge on any atom is -0.440 e. The predicted molar refractivity (Wildman–Crippen MR) is 140 cm³/mol. The molecule has 2 heterocycles. The maximum Gasteiger partial charge on any atom is 0.253 e. The number of hydrogen-bond acceptors (Lipinski definition) is 4. The molecule has 5 rings (SSSR count). The first-order chi connectivity index (χ1) is 16.8. The molecule has 0 saturated carbocycles. The first kappa shape index (κ1) is 23.5. The summed E-state index contributed by atoms with van der Waals surface area (Å²) in [6, 6.07) is 16.5. The third kappa shape index (κ3) is 4.42. The smallest absolute Gasteiger partial charge is 0.253 e. The van der Waals surface area contributed by atoms with Crippen LogP contribution < -0.4 is 10.2 Å². The summed E-state index contributed by atoms with van der Waals surface area (Å²) < 4.78 is 6.24. The standard InChI is InChI=1S/C28H24Cl2N2O3/c1-16-6-3-4-7-23(16)31-28(34)19-15-21-24(8-5-9-25(21)33)32(17(19)2)27-13-12-26(35-27)20-14-18(29)10-11-22(20)30/h3-4,6-7,10-14H,5,8-9,15H2,1-2H3,(H,31,34). The van der Waals surface area contributed by atoms with Crippen LogP contribution in [0.5, 0.6) is 0 Å². The number of amides is 1. The third-order valence-electron chi connectivity index (χ3n) is 6.57. The van der Waals surface area contributed by atoms with Crippen molar-refractivity contribution in [3.63, 3.8) is 0 Å². The number of rotatable bonds is 4. The Morgan fingerprint density at radius 1 is 1.03 bits per heavy atom. The molecule has 1 aliphatic heterocycles. The number of anilines is 2. The lowest BCUT2D eigenvalue weighted by atomic mass is 9.85. The largest absolute Gasteiger partial charge is 0.440 e. The van der Waals surface area contributed by atoms with Crippen molar-refractivity contribution < 1.29 is 14.0 Å². The van der Waals surface area contributed by atoms with E-state index in [0.717, 1.165) is 35.5 Å². The molecule has 1 aromatic heterocycles. The highest BCUT2D eigenvalue weighted by atomic mass is 35.5. The summed E-state index contributed by atoms with van der Waals surface area (Å²) in [4.78, 5) is 28.2. The Kier molecular flexibility index (Phi) is 6.30. The van der Waals surface area contributed by atoms with Crippen LogP contribution in [0.1, 0.15) is 38.2 Å². The van der Waals surface area contributed by atoms with Gasteiger partial charge in [-0.15, -0.1) is 0 Å². The number of allylic oxidation sites excluding steroid dienone is 3. The molecule has 0 radical (unpaired) electrons. The normalized spacial score (nSPS) is 16.0. The van der Waals surface area contributed by atoms with E-state index in [9.17, 15) is 9.59 Å². The van der Waals surface area contributed by atoms with E-state index in [2.05, 4.69) is 5.32 Å². The maximum absolute atomic E-state index is 13.4. The van der Waals surface area contributed by atoms with Gasteiger partial charge in [-0.1, -0.05) is 41.4 Å². The Morgan fingerprint density at radius 3 is 2.63 bits per heavy atom. The molecule has 1 amide bonds. The summed E-state index contributed by atoms with van der Waals surface area (Å²) in [6.45, 7) is 3.84. The van der Waals surface area contributed by atoms with Gasteiger partial charge in [-0.2, -0.15) is 0 Å². The topological polar surface area (TPSA) is 62.6 Å². The number of benzene rings is 2. The van der Waals surface area contributed by atoms with E-state index in [1.165, 1.54) is 0 Å². The molecule has 0 bridgehead atoms. The second-order valence-electron chi connectivity index (χ2n) is 8.81. The number of hydrogen-bond donors (Lipinski definition) is 1. The van der Waals surface area contributed by atoms with Crippen LogP contribution in [0.15, 0.2) is 81.6 Å². The molecule has 2 aliphatic rings. The lowest BCUT2D eigenvalue weighted by Crippen LogP contribution is -2.34. The zero-order valence-electron chi connectivity index (χ0n) is 19.5. The number of nitrogens with zero attached hydrogens (tertiary/aromatic N) is 1. The molecule has 5 nitrogen and oxygen atoms in total. The first-order valence-corrected chi connectivity index (χ1v) is 12.3. The highest BCUT2D eigenvalue weighted by Gasteiger charge is 2.35. The number of para-hydroxylation sites is 1. The van der Waals surface area contributed by atoms with Crippen LogP contribution in [0.25, 0.3) is 11.3 Å². The molecule has 3 aromatic rings. The van der Waals surface area contributed by atoms with E-state index < -0.39 is 0 Å². The quantitative estimate of drug-likeness (QED) is 0.393.